The first-order valence-electron chi connectivity index (χ1n) is 6.27. The minimum absolute atomic E-state index is 0.111. The van der Waals surface area contributed by atoms with Crippen molar-refractivity contribution in [2.75, 3.05) is 29.5 Å². The Hall–Kier alpha value is -1.07. The molecule has 1 saturated heterocycles. The van der Waals surface area contributed by atoms with Gasteiger partial charge in [-0.1, -0.05) is 18.2 Å². The van der Waals surface area contributed by atoms with Crippen molar-refractivity contribution < 1.29 is 8.42 Å². The molecule has 2 rings (SSSR count). The van der Waals surface area contributed by atoms with Crippen molar-refractivity contribution in [3.63, 3.8) is 0 Å². The van der Waals surface area contributed by atoms with E-state index in [1.165, 1.54) is 5.56 Å². The van der Waals surface area contributed by atoms with Gasteiger partial charge in [-0.2, -0.15) is 0 Å². The Labute approximate surface area is 109 Å². The molecular formula is C13H20N2O2S. The molecule has 1 heterocycles. The molecule has 0 aromatic heterocycles. The molecule has 0 spiro atoms. The normalized spacial score (nSPS) is 20.7. The van der Waals surface area contributed by atoms with Crippen LogP contribution in [0.3, 0.4) is 0 Å². The molecule has 1 aliphatic heterocycles. The number of rotatable bonds is 3. The van der Waals surface area contributed by atoms with Crippen LogP contribution in [0.15, 0.2) is 24.3 Å². The van der Waals surface area contributed by atoms with E-state index in [1.807, 2.05) is 19.1 Å². The maximum absolute atomic E-state index is 11.4. The summed E-state index contributed by atoms with van der Waals surface area (Å²) in [5.41, 5.74) is 8.18. The van der Waals surface area contributed by atoms with Crippen molar-refractivity contribution >= 4 is 15.5 Å². The number of nitrogens with zero attached hydrogens (tertiary/aromatic N) is 1. The van der Waals surface area contributed by atoms with E-state index in [9.17, 15) is 8.42 Å². The highest BCUT2D eigenvalue weighted by atomic mass is 32.2. The molecule has 0 aliphatic carbocycles. The molecule has 1 fully saturated rings. The predicted octanol–water partition coefficient (Wildman–Crippen LogP) is 0.811. The second kappa shape index (κ2) is 5.28. The van der Waals surface area contributed by atoms with Crippen LogP contribution >= 0.6 is 0 Å². The molecule has 1 aliphatic rings. The van der Waals surface area contributed by atoms with Crippen LogP contribution in [-0.2, 0) is 16.3 Å². The number of benzene rings is 1. The Morgan fingerprint density at radius 1 is 1.28 bits per heavy atom. The Bertz CT molecular complexity index is 497. The Balaban J connectivity index is 2.18. The summed E-state index contributed by atoms with van der Waals surface area (Å²) in [6.07, 6.45) is 0.819. The molecular weight excluding hydrogens is 248 g/mol. The molecule has 1 aromatic carbocycles. The molecule has 1 atom stereocenters. The van der Waals surface area contributed by atoms with Crippen molar-refractivity contribution in [3.05, 3.63) is 29.8 Å². The Morgan fingerprint density at radius 2 is 1.89 bits per heavy atom. The lowest BCUT2D eigenvalue weighted by atomic mass is 10.0. The van der Waals surface area contributed by atoms with Crippen molar-refractivity contribution in [2.24, 2.45) is 5.73 Å². The predicted molar refractivity (Wildman–Crippen MR) is 74.7 cm³/mol. The van der Waals surface area contributed by atoms with Gasteiger partial charge in [-0.15, -0.1) is 0 Å². The minimum Gasteiger partial charge on any atom is -0.369 e. The molecule has 2 N–H and O–H groups in total. The van der Waals surface area contributed by atoms with Gasteiger partial charge in [0.05, 0.1) is 11.5 Å². The summed E-state index contributed by atoms with van der Waals surface area (Å²) in [4.78, 5) is 2.15. The first-order valence-corrected chi connectivity index (χ1v) is 8.09. The minimum atomic E-state index is -2.83. The molecule has 18 heavy (non-hydrogen) atoms. The molecule has 4 nitrogen and oxygen atoms in total. The number of sulfone groups is 1. The van der Waals surface area contributed by atoms with E-state index < -0.39 is 9.84 Å². The summed E-state index contributed by atoms with van der Waals surface area (Å²) >= 11 is 0. The van der Waals surface area contributed by atoms with Crippen LogP contribution in [0.25, 0.3) is 0 Å². The average Bonchev–Trinajstić information content (AvgIpc) is 2.29. The van der Waals surface area contributed by atoms with Gasteiger partial charge in [0.25, 0.3) is 0 Å². The van der Waals surface area contributed by atoms with Gasteiger partial charge in [-0.3, -0.25) is 0 Å². The quantitative estimate of drug-likeness (QED) is 0.881. The molecule has 1 unspecified atom stereocenters. The summed E-state index contributed by atoms with van der Waals surface area (Å²) in [5, 5.41) is 0. The largest absolute Gasteiger partial charge is 0.369 e. The number of hydrogen-bond acceptors (Lipinski definition) is 4. The van der Waals surface area contributed by atoms with E-state index in [1.54, 1.807) is 0 Å². The summed E-state index contributed by atoms with van der Waals surface area (Å²) in [6, 6.07) is 8.22. The van der Waals surface area contributed by atoms with Crippen LogP contribution in [0.5, 0.6) is 0 Å². The number of para-hydroxylation sites is 1. The summed E-state index contributed by atoms with van der Waals surface area (Å²) < 4.78 is 22.9. The van der Waals surface area contributed by atoms with Crippen LogP contribution in [-0.4, -0.2) is 39.1 Å². The summed E-state index contributed by atoms with van der Waals surface area (Å²) in [7, 11) is -2.83. The monoisotopic (exact) mass is 268 g/mol. The fourth-order valence-corrected chi connectivity index (χ4v) is 3.49. The van der Waals surface area contributed by atoms with Crippen LogP contribution in [0, 0.1) is 0 Å². The first kappa shape index (κ1) is 13.4. The average molecular weight is 268 g/mol. The second-order valence-electron chi connectivity index (χ2n) is 4.95. The second-order valence-corrected chi connectivity index (χ2v) is 7.25. The van der Waals surface area contributed by atoms with Gasteiger partial charge in [-0.05, 0) is 25.0 Å². The smallest absolute Gasteiger partial charge is 0.153 e. The summed E-state index contributed by atoms with van der Waals surface area (Å²) in [5.74, 6) is 0.499. The van der Waals surface area contributed by atoms with E-state index in [0.29, 0.717) is 13.1 Å². The SMILES string of the molecule is CC(N)Cc1ccccc1N1CCS(=O)(=O)CC1. The first-order chi connectivity index (χ1) is 8.48. The van der Waals surface area contributed by atoms with Crippen LogP contribution in [0.4, 0.5) is 5.69 Å². The van der Waals surface area contributed by atoms with Crippen molar-refractivity contribution in [1.82, 2.24) is 0 Å². The fourth-order valence-electron chi connectivity index (χ4n) is 2.29. The number of hydrogen-bond donors (Lipinski definition) is 1. The third-order valence-corrected chi connectivity index (χ3v) is 4.83. The lowest BCUT2D eigenvalue weighted by Crippen LogP contribution is -2.40. The number of nitrogens with two attached hydrogens (primary N) is 1. The molecule has 100 valence electrons. The zero-order valence-corrected chi connectivity index (χ0v) is 11.5. The van der Waals surface area contributed by atoms with Crippen molar-refractivity contribution in [2.45, 2.75) is 19.4 Å². The van der Waals surface area contributed by atoms with Gasteiger partial charge >= 0.3 is 0 Å². The Kier molecular flexibility index (Phi) is 3.92. The van der Waals surface area contributed by atoms with Crippen molar-refractivity contribution in [3.8, 4) is 0 Å². The van der Waals surface area contributed by atoms with Gasteiger partial charge in [0.1, 0.15) is 0 Å². The number of anilines is 1. The third-order valence-electron chi connectivity index (χ3n) is 3.22. The van der Waals surface area contributed by atoms with Gasteiger partial charge in [0.2, 0.25) is 0 Å². The van der Waals surface area contributed by atoms with Gasteiger partial charge in [0, 0.05) is 24.8 Å². The van der Waals surface area contributed by atoms with E-state index >= 15 is 0 Å². The highest BCUT2D eigenvalue weighted by molar-refractivity contribution is 7.91. The maximum Gasteiger partial charge on any atom is 0.153 e. The van der Waals surface area contributed by atoms with Crippen molar-refractivity contribution in [1.29, 1.82) is 0 Å². The molecule has 0 saturated carbocycles. The highest BCUT2D eigenvalue weighted by Crippen LogP contribution is 2.23. The third kappa shape index (κ3) is 3.23. The lowest BCUT2D eigenvalue weighted by Gasteiger charge is -2.30. The van der Waals surface area contributed by atoms with Gasteiger partial charge in [0.15, 0.2) is 9.84 Å². The highest BCUT2D eigenvalue weighted by Gasteiger charge is 2.23. The molecule has 5 heteroatoms. The van der Waals surface area contributed by atoms with Crippen LogP contribution in [0.2, 0.25) is 0 Å². The molecule has 1 aromatic rings. The van der Waals surface area contributed by atoms with Crippen LogP contribution in [0.1, 0.15) is 12.5 Å². The van der Waals surface area contributed by atoms with Gasteiger partial charge in [-0.25, -0.2) is 8.42 Å². The maximum atomic E-state index is 11.4. The molecule has 0 radical (unpaired) electrons. The zero-order valence-electron chi connectivity index (χ0n) is 10.7. The Morgan fingerprint density at radius 3 is 2.50 bits per heavy atom. The fraction of sp³-hybridized carbons (Fsp3) is 0.538. The van der Waals surface area contributed by atoms with Gasteiger partial charge < -0.3 is 10.6 Å². The molecule has 0 amide bonds. The molecule has 0 bridgehead atoms. The standard InChI is InChI=1S/C13H20N2O2S/c1-11(14)10-12-4-2-3-5-13(12)15-6-8-18(16,17)9-7-15/h2-5,11H,6-10,14H2,1H3. The summed E-state index contributed by atoms with van der Waals surface area (Å²) in [6.45, 7) is 3.15. The van der Waals surface area contributed by atoms with E-state index in [2.05, 4.69) is 17.0 Å². The van der Waals surface area contributed by atoms with Crippen LogP contribution < -0.4 is 10.6 Å². The van der Waals surface area contributed by atoms with E-state index in [0.717, 1.165) is 12.1 Å². The zero-order chi connectivity index (χ0) is 13.2. The lowest BCUT2D eigenvalue weighted by molar-refractivity contribution is 0.586. The van der Waals surface area contributed by atoms with E-state index in [4.69, 9.17) is 5.73 Å². The van der Waals surface area contributed by atoms with E-state index in [-0.39, 0.29) is 17.5 Å². The topological polar surface area (TPSA) is 63.4 Å².